The molecule has 5 heteroatoms. The molecule has 0 atom stereocenters. The smallest absolute Gasteiger partial charge is 0.214 e. The highest BCUT2D eigenvalue weighted by Gasteiger charge is 2.15. The van der Waals surface area contributed by atoms with Crippen LogP contribution in [-0.4, -0.2) is 30.6 Å². The molecule has 2 heterocycles. The van der Waals surface area contributed by atoms with Crippen molar-refractivity contribution in [1.29, 1.82) is 5.41 Å². The Kier molecular flexibility index (Phi) is 4.15. The number of rotatable bonds is 4. The third-order valence-corrected chi connectivity index (χ3v) is 3.05. The maximum absolute atomic E-state index is 7.43. The third-order valence-electron chi connectivity index (χ3n) is 3.05. The fourth-order valence-corrected chi connectivity index (χ4v) is 1.98. The second kappa shape index (κ2) is 5.82. The van der Waals surface area contributed by atoms with Gasteiger partial charge in [-0.25, -0.2) is 4.98 Å². The lowest BCUT2D eigenvalue weighted by Crippen LogP contribution is -2.22. The second-order valence-electron chi connectivity index (χ2n) is 4.62. The van der Waals surface area contributed by atoms with Crippen molar-refractivity contribution in [3.05, 3.63) is 23.4 Å². The molecule has 5 nitrogen and oxygen atoms in total. The van der Waals surface area contributed by atoms with Crippen molar-refractivity contribution in [3.63, 3.8) is 0 Å². The number of pyridine rings is 1. The Hall–Kier alpha value is -1.62. The molecule has 1 aliphatic rings. The summed E-state index contributed by atoms with van der Waals surface area (Å²) in [6.07, 6.45) is 2.07. The summed E-state index contributed by atoms with van der Waals surface area (Å²) >= 11 is 0. The molecule has 0 aromatic carbocycles. The molecule has 1 saturated heterocycles. The summed E-state index contributed by atoms with van der Waals surface area (Å²) in [5.74, 6) is 1.12. The van der Waals surface area contributed by atoms with E-state index in [1.807, 2.05) is 6.92 Å². The van der Waals surface area contributed by atoms with E-state index in [-0.39, 0.29) is 5.84 Å². The first-order valence-electron chi connectivity index (χ1n) is 6.19. The normalized spacial score (nSPS) is 16.5. The molecule has 1 fully saturated rings. The topological polar surface area (TPSA) is 81.2 Å². The van der Waals surface area contributed by atoms with Crippen LogP contribution < -0.4 is 10.5 Å². The van der Waals surface area contributed by atoms with Crippen molar-refractivity contribution >= 4 is 5.84 Å². The summed E-state index contributed by atoms with van der Waals surface area (Å²) in [4.78, 5) is 4.29. The van der Waals surface area contributed by atoms with Crippen LogP contribution in [0.25, 0.3) is 0 Å². The average molecular weight is 249 g/mol. The highest BCUT2D eigenvalue weighted by Crippen LogP contribution is 2.18. The summed E-state index contributed by atoms with van der Waals surface area (Å²) in [5.41, 5.74) is 6.94. The molecule has 1 aromatic rings. The fraction of sp³-hybridized carbons (Fsp3) is 0.538. The van der Waals surface area contributed by atoms with Crippen LogP contribution in [0.5, 0.6) is 5.88 Å². The zero-order valence-electron chi connectivity index (χ0n) is 10.6. The Morgan fingerprint density at radius 3 is 2.89 bits per heavy atom. The van der Waals surface area contributed by atoms with Crippen LogP contribution in [0.3, 0.4) is 0 Å². The molecule has 0 spiro atoms. The minimum atomic E-state index is 0.0383. The van der Waals surface area contributed by atoms with E-state index < -0.39 is 0 Å². The van der Waals surface area contributed by atoms with Crippen LogP contribution in [0.15, 0.2) is 12.1 Å². The number of nitrogens with one attached hydrogen (secondary N) is 1. The Balaban J connectivity index is 1.97. The van der Waals surface area contributed by atoms with Gasteiger partial charge in [0.15, 0.2) is 0 Å². The van der Waals surface area contributed by atoms with Crippen LogP contribution in [0.2, 0.25) is 0 Å². The SMILES string of the molecule is Cc1cc(C(=N)N)cc(OCC2CCOCC2)n1. The molecule has 1 aromatic heterocycles. The molecule has 3 N–H and O–H groups in total. The number of nitrogen functional groups attached to an aromatic ring is 1. The van der Waals surface area contributed by atoms with Crippen molar-refractivity contribution in [2.45, 2.75) is 19.8 Å². The summed E-state index contributed by atoms with van der Waals surface area (Å²) < 4.78 is 11.0. The maximum Gasteiger partial charge on any atom is 0.214 e. The average Bonchev–Trinajstić information content (AvgIpc) is 2.37. The Morgan fingerprint density at radius 2 is 2.22 bits per heavy atom. The molecule has 0 amide bonds. The highest BCUT2D eigenvalue weighted by atomic mass is 16.5. The van der Waals surface area contributed by atoms with Gasteiger partial charge in [0.2, 0.25) is 5.88 Å². The summed E-state index contributed by atoms with van der Waals surface area (Å²) in [6.45, 7) is 4.15. The van der Waals surface area contributed by atoms with E-state index in [9.17, 15) is 0 Å². The van der Waals surface area contributed by atoms with Crippen LogP contribution in [0.1, 0.15) is 24.1 Å². The van der Waals surface area contributed by atoms with E-state index >= 15 is 0 Å². The van der Waals surface area contributed by atoms with E-state index in [2.05, 4.69) is 4.98 Å². The molecule has 98 valence electrons. The second-order valence-corrected chi connectivity index (χ2v) is 4.62. The number of aromatic nitrogens is 1. The number of hydrogen-bond donors (Lipinski definition) is 2. The molecule has 18 heavy (non-hydrogen) atoms. The van der Waals surface area contributed by atoms with Gasteiger partial charge in [0.25, 0.3) is 0 Å². The molecule has 0 unspecified atom stereocenters. The van der Waals surface area contributed by atoms with Crippen molar-refractivity contribution < 1.29 is 9.47 Å². The zero-order chi connectivity index (χ0) is 13.0. The van der Waals surface area contributed by atoms with Gasteiger partial charge < -0.3 is 15.2 Å². The molecule has 2 rings (SSSR count). The van der Waals surface area contributed by atoms with Gasteiger partial charge in [-0.15, -0.1) is 0 Å². The van der Waals surface area contributed by atoms with Crippen LogP contribution >= 0.6 is 0 Å². The Bertz CT molecular complexity index is 428. The predicted molar refractivity (Wildman–Crippen MR) is 69.0 cm³/mol. The van der Waals surface area contributed by atoms with Crippen molar-refractivity contribution in [1.82, 2.24) is 4.98 Å². The lowest BCUT2D eigenvalue weighted by atomic mass is 10.0. The number of amidine groups is 1. The van der Waals surface area contributed by atoms with Gasteiger partial charge in [-0.2, -0.15) is 0 Å². The fourth-order valence-electron chi connectivity index (χ4n) is 1.98. The quantitative estimate of drug-likeness (QED) is 0.625. The third kappa shape index (κ3) is 3.43. The predicted octanol–water partition coefficient (Wildman–Crippen LogP) is 1.48. The van der Waals surface area contributed by atoms with E-state index in [1.54, 1.807) is 12.1 Å². The minimum absolute atomic E-state index is 0.0383. The summed E-state index contributed by atoms with van der Waals surface area (Å²) in [5, 5.41) is 7.43. The maximum atomic E-state index is 7.43. The van der Waals surface area contributed by atoms with Gasteiger partial charge in [0.1, 0.15) is 5.84 Å². The van der Waals surface area contributed by atoms with Crippen molar-refractivity contribution in [2.75, 3.05) is 19.8 Å². The molecule has 0 aliphatic carbocycles. The molecule has 1 aliphatic heterocycles. The lowest BCUT2D eigenvalue weighted by molar-refractivity contribution is 0.0490. The van der Waals surface area contributed by atoms with Gasteiger partial charge in [-0.3, -0.25) is 5.41 Å². The molecular formula is C13H19N3O2. The largest absolute Gasteiger partial charge is 0.477 e. The van der Waals surface area contributed by atoms with E-state index in [1.165, 1.54) is 0 Å². The minimum Gasteiger partial charge on any atom is -0.477 e. The summed E-state index contributed by atoms with van der Waals surface area (Å²) in [7, 11) is 0. The number of aryl methyl sites for hydroxylation is 1. The Morgan fingerprint density at radius 1 is 1.50 bits per heavy atom. The van der Waals surface area contributed by atoms with Crippen LogP contribution in [-0.2, 0) is 4.74 Å². The van der Waals surface area contributed by atoms with Gasteiger partial charge in [0, 0.05) is 30.5 Å². The number of nitrogens with zero attached hydrogens (tertiary/aromatic N) is 1. The van der Waals surface area contributed by atoms with Gasteiger partial charge in [0.05, 0.1) is 6.61 Å². The van der Waals surface area contributed by atoms with Gasteiger partial charge in [-0.05, 0) is 31.7 Å². The van der Waals surface area contributed by atoms with E-state index in [4.69, 9.17) is 20.6 Å². The molecule has 0 radical (unpaired) electrons. The molecular weight excluding hydrogens is 230 g/mol. The van der Waals surface area contributed by atoms with E-state index in [0.29, 0.717) is 24.0 Å². The van der Waals surface area contributed by atoms with Crippen LogP contribution in [0, 0.1) is 18.3 Å². The number of nitrogens with two attached hydrogens (primary N) is 1. The molecule has 0 bridgehead atoms. The molecule has 0 saturated carbocycles. The van der Waals surface area contributed by atoms with Gasteiger partial charge in [-0.1, -0.05) is 0 Å². The standard InChI is InChI=1S/C13H19N3O2/c1-9-6-11(13(14)15)7-12(16-9)18-8-10-2-4-17-5-3-10/h6-7,10H,2-5,8H2,1H3,(H3,14,15). The summed E-state index contributed by atoms with van der Waals surface area (Å²) in [6, 6.07) is 3.50. The first-order valence-corrected chi connectivity index (χ1v) is 6.19. The Labute approximate surface area is 107 Å². The zero-order valence-corrected chi connectivity index (χ0v) is 10.6. The first kappa shape index (κ1) is 12.8. The highest BCUT2D eigenvalue weighted by molar-refractivity contribution is 5.95. The number of ether oxygens (including phenoxy) is 2. The van der Waals surface area contributed by atoms with Crippen molar-refractivity contribution in [3.8, 4) is 5.88 Å². The number of hydrogen-bond acceptors (Lipinski definition) is 4. The van der Waals surface area contributed by atoms with Gasteiger partial charge >= 0.3 is 0 Å². The monoisotopic (exact) mass is 249 g/mol. The lowest BCUT2D eigenvalue weighted by Gasteiger charge is -2.21. The van der Waals surface area contributed by atoms with Crippen molar-refractivity contribution in [2.24, 2.45) is 11.7 Å². The van der Waals surface area contributed by atoms with Crippen LogP contribution in [0.4, 0.5) is 0 Å². The van der Waals surface area contributed by atoms with E-state index in [0.717, 1.165) is 31.7 Å². The first-order chi connectivity index (χ1) is 8.65.